The van der Waals surface area contributed by atoms with E-state index in [-0.39, 0.29) is 29.5 Å². The second kappa shape index (κ2) is 13.2. The first kappa shape index (κ1) is 25.9. The molecule has 0 aliphatic carbocycles. The molecule has 2 rings (SSSR count). The van der Waals surface area contributed by atoms with Crippen molar-refractivity contribution < 1.29 is 9.47 Å². The lowest BCUT2D eigenvalue weighted by molar-refractivity contribution is 0.0483. The molecule has 2 fully saturated rings. The molecular formula is C21H43IN4O2. The van der Waals surface area contributed by atoms with Crippen LogP contribution in [0.15, 0.2) is 4.99 Å². The molecule has 0 radical (unpaired) electrons. The molecule has 0 aromatic carbocycles. The van der Waals surface area contributed by atoms with Crippen molar-refractivity contribution in [3.05, 3.63) is 0 Å². The van der Waals surface area contributed by atoms with Gasteiger partial charge in [-0.2, -0.15) is 0 Å². The summed E-state index contributed by atoms with van der Waals surface area (Å²) in [5.74, 6) is 3.03. The van der Waals surface area contributed by atoms with Gasteiger partial charge in [0.15, 0.2) is 5.96 Å². The van der Waals surface area contributed by atoms with E-state index in [1.807, 2.05) is 7.05 Å². The highest BCUT2D eigenvalue weighted by Gasteiger charge is 2.32. The van der Waals surface area contributed by atoms with E-state index in [4.69, 9.17) is 9.47 Å². The topological polar surface area (TPSA) is 58.1 Å². The molecule has 7 heteroatoms. The van der Waals surface area contributed by atoms with Crippen molar-refractivity contribution in [2.75, 3.05) is 59.7 Å². The maximum atomic E-state index is 5.76. The average Bonchev–Trinajstić information content (AvgIpc) is 3.13. The van der Waals surface area contributed by atoms with Crippen molar-refractivity contribution >= 4 is 29.9 Å². The minimum absolute atomic E-state index is 0. The smallest absolute Gasteiger partial charge is 0.191 e. The summed E-state index contributed by atoms with van der Waals surface area (Å²) in [5.41, 5.74) is 0.118. The SMILES string of the molecule is CN=C(NCCCOCC1CCOC1)NCC(C)(C)N1CC(C)CC(C)C1.I. The normalized spacial score (nSPS) is 26.8. The van der Waals surface area contributed by atoms with Crippen LogP contribution in [-0.4, -0.2) is 76.1 Å². The molecule has 0 aromatic heterocycles. The molecule has 166 valence electrons. The van der Waals surface area contributed by atoms with Crippen LogP contribution in [0.5, 0.6) is 0 Å². The Morgan fingerprint density at radius 3 is 2.54 bits per heavy atom. The Kier molecular flexibility index (Phi) is 12.3. The molecule has 3 unspecified atom stereocenters. The Balaban J connectivity index is 0.00000392. The van der Waals surface area contributed by atoms with E-state index in [2.05, 4.69) is 48.2 Å². The fourth-order valence-electron chi connectivity index (χ4n) is 4.14. The maximum absolute atomic E-state index is 5.76. The largest absolute Gasteiger partial charge is 0.381 e. The fourth-order valence-corrected chi connectivity index (χ4v) is 4.14. The molecule has 6 nitrogen and oxygen atoms in total. The summed E-state index contributed by atoms with van der Waals surface area (Å²) in [5, 5.41) is 6.92. The summed E-state index contributed by atoms with van der Waals surface area (Å²) in [6.45, 7) is 16.9. The van der Waals surface area contributed by atoms with Crippen LogP contribution in [0.25, 0.3) is 0 Å². The molecule has 2 saturated heterocycles. The minimum Gasteiger partial charge on any atom is -0.381 e. The van der Waals surface area contributed by atoms with E-state index < -0.39 is 0 Å². The molecule has 3 atom stereocenters. The van der Waals surface area contributed by atoms with E-state index >= 15 is 0 Å². The third kappa shape index (κ3) is 9.13. The van der Waals surface area contributed by atoms with Crippen LogP contribution in [-0.2, 0) is 9.47 Å². The summed E-state index contributed by atoms with van der Waals surface area (Å²) in [4.78, 5) is 7.00. The predicted molar refractivity (Wildman–Crippen MR) is 128 cm³/mol. The maximum Gasteiger partial charge on any atom is 0.191 e. The first-order valence-electron chi connectivity index (χ1n) is 10.8. The highest BCUT2D eigenvalue weighted by Crippen LogP contribution is 2.26. The van der Waals surface area contributed by atoms with Gasteiger partial charge in [-0.05, 0) is 44.9 Å². The summed E-state index contributed by atoms with van der Waals surface area (Å²) >= 11 is 0. The highest BCUT2D eigenvalue weighted by atomic mass is 127. The summed E-state index contributed by atoms with van der Waals surface area (Å²) < 4.78 is 11.1. The number of nitrogens with one attached hydrogen (secondary N) is 2. The van der Waals surface area contributed by atoms with Gasteiger partial charge in [0.1, 0.15) is 0 Å². The Morgan fingerprint density at radius 1 is 1.21 bits per heavy atom. The van der Waals surface area contributed by atoms with Crippen molar-refractivity contribution in [2.45, 2.75) is 52.5 Å². The van der Waals surface area contributed by atoms with Crippen LogP contribution in [0.4, 0.5) is 0 Å². The Bertz CT molecular complexity index is 446. The summed E-state index contributed by atoms with van der Waals surface area (Å²) in [6, 6.07) is 0. The molecular weight excluding hydrogens is 467 g/mol. The number of nitrogens with zero attached hydrogens (tertiary/aromatic N) is 2. The van der Waals surface area contributed by atoms with Crippen molar-refractivity contribution in [3.8, 4) is 0 Å². The minimum atomic E-state index is 0. The molecule has 0 amide bonds. The highest BCUT2D eigenvalue weighted by molar-refractivity contribution is 14.0. The Hall–Kier alpha value is -0.120. The second-order valence-electron chi connectivity index (χ2n) is 9.17. The van der Waals surface area contributed by atoms with Crippen LogP contribution in [0, 0.1) is 17.8 Å². The predicted octanol–water partition coefficient (Wildman–Crippen LogP) is 2.97. The first-order valence-corrected chi connectivity index (χ1v) is 10.8. The number of likely N-dealkylation sites (tertiary alicyclic amines) is 1. The van der Waals surface area contributed by atoms with Crippen LogP contribution in [0.1, 0.15) is 47.0 Å². The third-order valence-electron chi connectivity index (χ3n) is 5.77. The number of halogens is 1. The molecule has 0 bridgehead atoms. The standard InChI is InChI=1S/C21H42N4O2.HI/c1-17-11-18(2)13-25(12-17)21(3,4)16-24-20(22-5)23-8-6-9-26-14-19-7-10-27-15-19;/h17-19H,6-16H2,1-5H3,(H2,22,23,24);1H. The third-order valence-corrected chi connectivity index (χ3v) is 5.77. The average molecular weight is 511 g/mol. The molecule has 2 aliphatic rings. The molecule has 0 saturated carbocycles. The zero-order valence-electron chi connectivity index (χ0n) is 18.6. The van der Waals surface area contributed by atoms with Gasteiger partial charge >= 0.3 is 0 Å². The lowest BCUT2D eigenvalue weighted by Gasteiger charge is -2.45. The van der Waals surface area contributed by atoms with Gasteiger partial charge in [0, 0.05) is 57.9 Å². The monoisotopic (exact) mass is 510 g/mol. The van der Waals surface area contributed by atoms with Crippen LogP contribution in [0.2, 0.25) is 0 Å². The van der Waals surface area contributed by atoms with Crippen molar-refractivity contribution in [3.63, 3.8) is 0 Å². The number of hydrogen-bond donors (Lipinski definition) is 2. The van der Waals surface area contributed by atoms with E-state index in [1.165, 1.54) is 19.5 Å². The van der Waals surface area contributed by atoms with Gasteiger partial charge in [0.2, 0.25) is 0 Å². The number of aliphatic imine (C=N–C) groups is 1. The quantitative estimate of drug-likeness (QED) is 0.216. The van der Waals surface area contributed by atoms with E-state index in [0.29, 0.717) is 5.92 Å². The Labute approximate surface area is 189 Å². The molecule has 0 spiro atoms. The number of hydrogen-bond acceptors (Lipinski definition) is 4. The van der Waals surface area contributed by atoms with Gasteiger partial charge in [0.25, 0.3) is 0 Å². The molecule has 2 heterocycles. The van der Waals surface area contributed by atoms with E-state index in [0.717, 1.165) is 70.2 Å². The Morgan fingerprint density at radius 2 is 1.93 bits per heavy atom. The molecule has 2 aliphatic heterocycles. The number of rotatable bonds is 9. The lowest BCUT2D eigenvalue weighted by atomic mass is 9.88. The fraction of sp³-hybridized carbons (Fsp3) is 0.952. The summed E-state index contributed by atoms with van der Waals surface area (Å²) in [6.07, 6.45) is 3.47. The summed E-state index contributed by atoms with van der Waals surface area (Å²) in [7, 11) is 1.84. The number of guanidine groups is 1. The van der Waals surface area contributed by atoms with Gasteiger partial charge in [-0.1, -0.05) is 13.8 Å². The molecule has 2 N–H and O–H groups in total. The molecule has 0 aromatic rings. The lowest BCUT2D eigenvalue weighted by Crippen LogP contribution is -2.57. The second-order valence-corrected chi connectivity index (χ2v) is 9.17. The van der Waals surface area contributed by atoms with Crippen LogP contribution in [0.3, 0.4) is 0 Å². The van der Waals surface area contributed by atoms with E-state index in [1.54, 1.807) is 0 Å². The van der Waals surface area contributed by atoms with Crippen LogP contribution < -0.4 is 10.6 Å². The van der Waals surface area contributed by atoms with Gasteiger partial charge in [-0.15, -0.1) is 24.0 Å². The number of ether oxygens (including phenoxy) is 2. The number of piperidine rings is 1. The van der Waals surface area contributed by atoms with Crippen molar-refractivity contribution in [1.82, 2.24) is 15.5 Å². The zero-order chi connectivity index (χ0) is 19.7. The van der Waals surface area contributed by atoms with E-state index in [9.17, 15) is 0 Å². The first-order chi connectivity index (χ1) is 12.9. The van der Waals surface area contributed by atoms with Gasteiger partial charge < -0.3 is 20.1 Å². The van der Waals surface area contributed by atoms with Crippen molar-refractivity contribution in [1.29, 1.82) is 0 Å². The van der Waals surface area contributed by atoms with Gasteiger partial charge in [-0.25, -0.2) is 0 Å². The van der Waals surface area contributed by atoms with Crippen LogP contribution >= 0.6 is 24.0 Å². The zero-order valence-corrected chi connectivity index (χ0v) is 21.0. The van der Waals surface area contributed by atoms with Crippen molar-refractivity contribution in [2.24, 2.45) is 22.7 Å². The van der Waals surface area contributed by atoms with Gasteiger partial charge in [0.05, 0.1) is 13.2 Å². The molecule has 28 heavy (non-hydrogen) atoms. The van der Waals surface area contributed by atoms with Gasteiger partial charge in [-0.3, -0.25) is 9.89 Å².